The molecule has 1 aromatic heterocycles. The van der Waals surface area contributed by atoms with Gasteiger partial charge in [-0.1, -0.05) is 5.16 Å². The molecule has 0 atom stereocenters. The lowest BCUT2D eigenvalue weighted by Gasteiger charge is -2.32. The zero-order chi connectivity index (χ0) is 15.4. The summed E-state index contributed by atoms with van der Waals surface area (Å²) in [4.78, 5) is 15.6. The molecule has 6 nitrogen and oxygen atoms in total. The number of hydrogen-bond donors (Lipinski definition) is 1. The predicted molar refractivity (Wildman–Crippen MR) is 81.0 cm³/mol. The third-order valence-electron chi connectivity index (χ3n) is 4.19. The normalized spacial score (nSPS) is 17.1. The van der Waals surface area contributed by atoms with Crippen molar-refractivity contribution in [1.29, 1.82) is 0 Å². The molecule has 1 N–H and O–H groups in total. The van der Waals surface area contributed by atoms with Crippen molar-refractivity contribution in [3.8, 4) is 0 Å². The number of hydrogen-bond acceptors (Lipinski definition) is 5. The highest BCUT2D eigenvalue weighted by molar-refractivity contribution is 5.77. The van der Waals surface area contributed by atoms with E-state index >= 15 is 0 Å². The average Bonchev–Trinajstić information content (AvgIpc) is 2.77. The van der Waals surface area contributed by atoms with E-state index in [1.54, 1.807) is 19.0 Å². The van der Waals surface area contributed by atoms with Crippen LogP contribution in [0.1, 0.15) is 29.9 Å². The first-order chi connectivity index (χ1) is 9.97. The summed E-state index contributed by atoms with van der Waals surface area (Å²) in [5.41, 5.74) is 2.13. The van der Waals surface area contributed by atoms with Gasteiger partial charge in [-0.2, -0.15) is 0 Å². The molecular formula is C15H26N4O2. The first-order valence-corrected chi connectivity index (χ1v) is 7.55. The minimum absolute atomic E-state index is 0.178. The topological polar surface area (TPSA) is 61.6 Å². The van der Waals surface area contributed by atoms with Crippen molar-refractivity contribution in [2.75, 3.05) is 33.7 Å². The molecule has 118 valence electrons. The summed E-state index contributed by atoms with van der Waals surface area (Å²) in [6.07, 6.45) is 2.15. The van der Waals surface area contributed by atoms with Gasteiger partial charge in [0.2, 0.25) is 5.91 Å². The third kappa shape index (κ3) is 4.28. The second-order valence-electron chi connectivity index (χ2n) is 6.02. The molecule has 1 aliphatic rings. The fourth-order valence-electron chi connectivity index (χ4n) is 2.63. The van der Waals surface area contributed by atoms with Gasteiger partial charge in [0.25, 0.3) is 0 Å². The molecule has 1 fully saturated rings. The van der Waals surface area contributed by atoms with Crippen LogP contribution < -0.4 is 5.32 Å². The van der Waals surface area contributed by atoms with Gasteiger partial charge < -0.3 is 14.7 Å². The Morgan fingerprint density at radius 2 is 2.05 bits per heavy atom. The molecule has 1 amide bonds. The molecule has 0 unspecified atom stereocenters. The number of amides is 1. The van der Waals surface area contributed by atoms with Gasteiger partial charge in [-0.3, -0.25) is 9.69 Å². The van der Waals surface area contributed by atoms with E-state index in [2.05, 4.69) is 15.4 Å². The fraction of sp³-hybridized carbons (Fsp3) is 0.733. The number of carbonyl (C=O) groups excluding carboxylic acids is 1. The largest absolute Gasteiger partial charge is 0.361 e. The van der Waals surface area contributed by atoms with Crippen LogP contribution in [0.15, 0.2) is 4.52 Å². The summed E-state index contributed by atoms with van der Waals surface area (Å²) in [6, 6.07) is 0.504. The Bertz CT molecular complexity index is 457. The number of aromatic nitrogens is 1. The minimum atomic E-state index is 0.178. The van der Waals surface area contributed by atoms with Gasteiger partial charge in [0.05, 0.1) is 12.2 Å². The van der Waals surface area contributed by atoms with Gasteiger partial charge in [-0.25, -0.2) is 0 Å². The fourth-order valence-corrected chi connectivity index (χ4v) is 2.63. The summed E-state index contributed by atoms with van der Waals surface area (Å²) >= 11 is 0. The Balaban J connectivity index is 1.73. The number of nitrogens with zero attached hydrogens (tertiary/aromatic N) is 3. The lowest BCUT2D eigenvalue weighted by Crippen LogP contribution is -2.45. The zero-order valence-electron chi connectivity index (χ0n) is 13.5. The Morgan fingerprint density at radius 3 is 2.57 bits per heavy atom. The molecule has 6 heteroatoms. The minimum Gasteiger partial charge on any atom is -0.361 e. The SMILES string of the molecule is Cc1noc(C)c1CNC1CCN(CC(=O)N(C)C)CC1. The molecule has 1 saturated heterocycles. The van der Waals surface area contributed by atoms with Crippen LogP contribution in [-0.2, 0) is 11.3 Å². The highest BCUT2D eigenvalue weighted by Crippen LogP contribution is 2.15. The molecule has 2 rings (SSSR count). The molecule has 0 saturated carbocycles. The zero-order valence-corrected chi connectivity index (χ0v) is 13.5. The van der Waals surface area contributed by atoms with Gasteiger partial charge in [0, 0.05) is 45.3 Å². The maximum absolute atomic E-state index is 11.7. The van der Waals surface area contributed by atoms with Crippen LogP contribution in [0.2, 0.25) is 0 Å². The molecule has 1 aromatic rings. The molecular weight excluding hydrogens is 268 g/mol. The van der Waals surface area contributed by atoms with E-state index in [9.17, 15) is 4.79 Å². The van der Waals surface area contributed by atoms with Crippen molar-refractivity contribution in [3.63, 3.8) is 0 Å². The lowest BCUT2D eigenvalue weighted by atomic mass is 10.0. The smallest absolute Gasteiger partial charge is 0.236 e. The van der Waals surface area contributed by atoms with Crippen molar-refractivity contribution in [3.05, 3.63) is 17.0 Å². The maximum Gasteiger partial charge on any atom is 0.236 e. The van der Waals surface area contributed by atoms with Crippen LogP contribution in [0.25, 0.3) is 0 Å². The van der Waals surface area contributed by atoms with Gasteiger partial charge in [0.1, 0.15) is 5.76 Å². The summed E-state index contributed by atoms with van der Waals surface area (Å²) < 4.78 is 5.18. The number of rotatable bonds is 5. The number of carbonyl (C=O) groups is 1. The molecule has 0 bridgehead atoms. The monoisotopic (exact) mass is 294 g/mol. The van der Waals surface area contributed by atoms with Crippen molar-refractivity contribution >= 4 is 5.91 Å². The van der Waals surface area contributed by atoms with Crippen LogP contribution >= 0.6 is 0 Å². The van der Waals surface area contributed by atoms with Crippen LogP contribution in [0.4, 0.5) is 0 Å². The average molecular weight is 294 g/mol. The highest BCUT2D eigenvalue weighted by Gasteiger charge is 2.21. The second kappa shape index (κ2) is 7.04. The highest BCUT2D eigenvalue weighted by atomic mass is 16.5. The van der Waals surface area contributed by atoms with Crippen molar-refractivity contribution in [1.82, 2.24) is 20.3 Å². The molecule has 0 spiro atoms. The first-order valence-electron chi connectivity index (χ1n) is 7.55. The Kier molecular flexibility index (Phi) is 5.36. The number of likely N-dealkylation sites (N-methyl/N-ethyl adjacent to an activating group) is 1. The van der Waals surface area contributed by atoms with E-state index in [1.807, 2.05) is 13.8 Å². The molecule has 2 heterocycles. The van der Waals surface area contributed by atoms with Gasteiger partial charge in [-0.15, -0.1) is 0 Å². The van der Waals surface area contributed by atoms with E-state index in [-0.39, 0.29) is 5.91 Å². The van der Waals surface area contributed by atoms with E-state index in [0.29, 0.717) is 12.6 Å². The number of nitrogens with one attached hydrogen (secondary N) is 1. The third-order valence-corrected chi connectivity index (χ3v) is 4.19. The van der Waals surface area contributed by atoms with E-state index in [1.165, 1.54) is 5.56 Å². The maximum atomic E-state index is 11.7. The number of piperidine rings is 1. The van der Waals surface area contributed by atoms with Crippen LogP contribution in [-0.4, -0.2) is 60.6 Å². The van der Waals surface area contributed by atoms with E-state index in [0.717, 1.165) is 43.9 Å². The molecule has 1 aliphatic heterocycles. The summed E-state index contributed by atoms with van der Waals surface area (Å²) in [6.45, 7) is 7.21. The Labute approximate surface area is 126 Å². The van der Waals surface area contributed by atoms with Crippen molar-refractivity contribution in [2.24, 2.45) is 0 Å². The van der Waals surface area contributed by atoms with Gasteiger partial charge in [0.15, 0.2) is 0 Å². The standard InChI is InChI=1S/C15H26N4O2/c1-11-14(12(2)21-17-11)9-16-13-5-7-19(8-6-13)10-15(20)18(3)4/h13,16H,5-10H2,1-4H3. The lowest BCUT2D eigenvalue weighted by molar-refractivity contribution is -0.130. The second-order valence-corrected chi connectivity index (χ2v) is 6.02. The summed E-state index contributed by atoms with van der Waals surface area (Å²) in [5, 5.41) is 7.56. The van der Waals surface area contributed by atoms with Gasteiger partial charge in [-0.05, 0) is 26.7 Å². The van der Waals surface area contributed by atoms with E-state index < -0.39 is 0 Å². The van der Waals surface area contributed by atoms with E-state index in [4.69, 9.17) is 4.52 Å². The molecule has 21 heavy (non-hydrogen) atoms. The molecule has 0 aromatic carbocycles. The summed E-state index contributed by atoms with van der Waals surface area (Å²) in [7, 11) is 3.61. The quantitative estimate of drug-likeness (QED) is 0.875. The first kappa shape index (κ1) is 16.0. The van der Waals surface area contributed by atoms with Crippen molar-refractivity contribution < 1.29 is 9.32 Å². The number of aryl methyl sites for hydroxylation is 2. The predicted octanol–water partition coefficient (Wildman–Crippen LogP) is 0.934. The molecule has 0 aliphatic carbocycles. The molecule has 0 radical (unpaired) electrons. The summed E-state index contributed by atoms with van der Waals surface area (Å²) in [5.74, 6) is 1.08. The van der Waals surface area contributed by atoms with Crippen molar-refractivity contribution in [2.45, 2.75) is 39.3 Å². The Hall–Kier alpha value is -1.40. The van der Waals surface area contributed by atoms with Crippen LogP contribution in [0.5, 0.6) is 0 Å². The number of likely N-dealkylation sites (tertiary alicyclic amines) is 1. The van der Waals surface area contributed by atoms with Crippen LogP contribution in [0.3, 0.4) is 0 Å². The van der Waals surface area contributed by atoms with Crippen LogP contribution in [0, 0.1) is 13.8 Å². The van der Waals surface area contributed by atoms with Gasteiger partial charge >= 0.3 is 0 Å². The Morgan fingerprint density at radius 1 is 1.38 bits per heavy atom.